The molecule has 0 spiro atoms. The molecule has 10 rings (SSSR count). The summed E-state index contributed by atoms with van der Waals surface area (Å²) >= 11 is 38.6. The molecule has 0 aliphatic carbocycles. The zero-order chi connectivity index (χ0) is 84.4. The third-order valence-corrected chi connectivity index (χ3v) is 23.0. The number of carbonyl (C=O) groups is 9. The largest absolute Gasteiger partial charge is 0.465 e. The number of hydrogen-bond donors (Lipinski definition) is 1. The summed E-state index contributed by atoms with van der Waals surface area (Å²) in [6.45, 7) is 17.5. The van der Waals surface area contributed by atoms with Crippen LogP contribution in [0.3, 0.4) is 0 Å². The number of nitriles is 1. The van der Waals surface area contributed by atoms with Crippen LogP contribution in [0.15, 0.2) is 188 Å². The van der Waals surface area contributed by atoms with Gasteiger partial charge in [0.25, 0.3) is 5.91 Å². The van der Waals surface area contributed by atoms with Crippen LogP contribution in [0.5, 0.6) is 0 Å². The lowest BCUT2D eigenvalue weighted by molar-refractivity contribution is -0.153. The standard InChI is InChI=1S/C19H15N3O2S2.C18H20N2O4S2.C11H10N2S2.C10H14N2O3S2.C9H14N2O3S2.C9H12N2O2S2/c20-13-16(14-7-3-1-4-8-14)26-19(25)22-18(24)12-11-17(23)21(22)15-9-5-2-6-10-15;1-3-23-16(21)15(17(22)24-4-2)26-18(25)20-13-9-8-12-19(20)14-10-6-5-7-11-14;14-11(13-8-4-7-12-13)15-9-10-5-2-1-3-6-10;1-4-15-9(14)7(3)17-10(16)12-8(13)5-6(2)11-12;1-3-14-8(13)6(2)16-9(15)11-7(12)4-5-10-11;1-3-13-8(12)7(2)15-9(14)11-6-4-5-10-11/h1-10,16H,11-12H2;5-13,15H,3-4H2,1-2H3;1-8H,9H2;7H,4-5H2,1-3H3;6,10H,3-5H2,1-2H3;4-7H,3H2,1-2H3. The fourth-order valence-corrected chi connectivity index (χ4v) is 16.5. The van der Waals surface area contributed by atoms with Gasteiger partial charge in [0, 0.05) is 74.5 Å². The Morgan fingerprint density at radius 3 is 1.43 bits per heavy atom. The van der Waals surface area contributed by atoms with Crippen LogP contribution in [0.4, 0.5) is 11.4 Å². The molecule has 115 heavy (non-hydrogen) atoms. The van der Waals surface area contributed by atoms with Crippen molar-refractivity contribution < 1.29 is 66.8 Å². The first-order valence-electron chi connectivity index (χ1n) is 35.4. The molecule has 2 saturated heterocycles. The van der Waals surface area contributed by atoms with E-state index in [1.165, 1.54) is 37.4 Å². The lowest BCUT2D eigenvalue weighted by Crippen LogP contribution is -2.55. The summed E-state index contributed by atoms with van der Waals surface area (Å²) in [4.78, 5) is 106. The lowest BCUT2D eigenvalue weighted by Gasteiger charge is -2.37. The Kier molecular flexibility index (Phi) is 44.6. The molecule has 27 nitrogen and oxygen atoms in total. The summed E-state index contributed by atoms with van der Waals surface area (Å²) in [5.41, 5.74) is 7.11. The van der Waals surface area contributed by atoms with Crippen molar-refractivity contribution >= 4 is 240 Å². The SMILES string of the molecule is CCOC(=O)C(C)SC(=S)N1N=C(C)CC1=O.CCOC(=O)C(C)SC(=S)N1NCCC1=O.CCOC(=O)C(C)SC(=S)n1cccn1.CCOC(=O)C(SC(=S)N1C=CC=CN1c1ccccc1)C(=O)OCC.N#CC(SC(=S)N1C(=O)CCC(=O)N1c1ccccc1)c1ccccc1.S=C(SCc1ccccc1)n1cccn1. The Balaban J connectivity index is 0.000000251. The van der Waals surface area contributed by atoms with E-state index in [1.807, 2.05) is 121 Å². The predicted octanol–water partition coefficient (Wildman–Crippen LogP) is 14.0. The molecule has 4 aliphatic heterocycles. The highest BCUT2D eigenvalue weighted by molar-refractivity contribution is 8.25. The van der Waals surface area contributed by atoms with E-state index in [2.05, 4.69) is 38.9 Å². The van der Waals surface area contributed by atoms with Crippen LogP contribution in [0.25, 0.3) is 0 Å². The number of allylic oxidation sites excluding steroid dienone is 2. The van der Waals surface area contributed by atoms with Crippen LogP contribution >= 0.6 is 144 Å². The minimum Gasteiger partial charge on any atom is -0.465 e. The number of nitrogens with zero attached hydrogens (tertiary/aromatic N) is 12. The maximum atomic E-state index is 12.5. The molecule has 610 valence electrons. The van der Waals surface area contributed by atoms with Crippen molar-refractivity contribution in [3.8, 4) is 6.07 Å². The van der Waals surface area contributed by atoms with Crippen molar-refractivity contribution in [3.05, 3.63) is 194 Å². The van der Waals surface area contributed by atoms with Gasteiger partial charge in [0.1, 0.15) is 21.0 Å². The van der Waals surface area contributed by atoms with E-state index in [0.717, 1.165) is 74.1 Å². The van der Waals surface area contributed by atoms with Crippen molar-refractivity contribution in [2.45, 2.75) is 120 Å². The van der Waals surface area contributed by atoms with Crippen molar-refractivity contribution in [2.75, 3.05) is 49.6 Å². The predicted molar refractivity (Wildman–Crippen MR) is 480 cm³/mol. The summed E-state index contributed by atoms with van der Waals surface area (Å²) < 4.78 is 30.3. The number of hydrogen-bond acceptors (Lipinski definition) is 32. The zero-order valence-electron chi connectivity index (χ0n) is 64.0. The first-order valence-corrected chi connectivity index (χ1v) is 43.2. The maximum absolute atomic E-state index is 12.5. The molecule has 0 saturated carbocycles. The third kappa shape index (κ3) is 32.8. The molecule has 2 fully saturated rings. The fourth-order valence-electron chi connectivity index (χ4n) is 9.15. The minimum atomic E-state index is -1.17. The number of anilines is 2. The van der Waals surface area contributed by atoms with E-state index in [0.29, 0.717) is 51.4 Å². The molecule has 4 atom stereocenters. The van der Waals surface area contributed by atoms with Gasteiger partial charge < -0.3 is 23.7 Å². The summed E-state index contributed by atoms with van der Waals surface area (Å²) in [7, 11) is 0. The van der Waals surface area contributed by atoms with Gasteiger partial charge in [0.05, 0.1) is 56.9 Å². The number of ether oxygens (including phenoxy) is 5. The second kappa shape index (κ2) is 52.9. The van der Waals surface area contributed by atoms with E-state index in [-0.39, 0.29) is 87.9 Å². The Bertz CT molecular complexity index is 4400. The molecule has 2 aromatic heterocycles. The van der Waals surface area contributed by atoms with Crippen molar-refractivity contribution in [2.24, 2.45) is 5.10 Å². The Morgan fingerprint density at radius 1 is 0.504 bits per heavy atom. The number of hydrazone groups is 1. The molecule has 4 amide bonds. The Hall–Kier alpha value is -8.63. The number of hydrazine groups is 3. The van der Waals surface area contributed by atoms with E-state index in [4.69, 9.17) is 97.0 Å². The van der Waals surface area contributed by atoms with Crippen LogP contribution in [0, 0.1) is 11.3 Å². The molecule has 6 aromatic rings. The van der Waals surface area contributed by atoms with Gasteiger partial charge in [0.15, 0.2) is 25.9 Å². The van der Waals surface area contributed by atoms with Crippen LogP contribution in [-0.2, 0) is 72.6 Å². The van der Waals surface area contributed by atoms with Crippen molar-refractivity contribution in [1.82, 2.24) is 45.0 Å². The lowest BCUT2D eigenvalue weighted by atomic mass is 10.2. The van der Waals surface area contributed by atoms with Gasteiger partial charge in [0.2, 0.25) is 23.0 Å². The van der Waals surface area contributed by atoms with Gasteiger partial charge in [-0.05, 0) is 122 Å². The zero-order valence-corrected chi connectivity index (χ0v) is 73.8. The summed E-state index contributed by atoms with van der Waals surface area (Å²) in [5, 5.41) is 27.2. The molecule has 4 aliphatic rings. The molecule has 0 radical (unpaired) electrons. The molecule has 39 heteroatoms. The second-order valence-electron chi connectivity index (χ2n) is 22.9. The van der Waals surface area contributed by atoms with E-state index < -0.39 is 32.9 Å². The van der Waals surface area contributed by atoms with E-state index in [1.54, 1.807) is 144 Å². The minimum absolute atomic E-state index is 0.0615. The van der Waals surface area contributed by atoms with Gasteiger partial charge in [-0.2, -0.15) is 30.6 Å². The average Bonchev–Trinajstić information content (AvgIpc) is 1.55. The first kappa shape index (κ1) is 97.0. The third-order valence-electron chi connectivity index (χ3n) is 14.5. The van der Waals surface area contributed by atoms with Crippen molar-refractivity contribution in [1.29, 1.82) is 5.26 Å². The Labute approximate surface area is 726 Å². The molecular weight excluding hydrogens is 1700 g/mol. The quantitative estimate of drug-likeness (QED) is 0.0321. The summed E-state index contributed by atoms with van der Waals surface area (Å²) in [5.74, 6) is -2.03. The number of para-hydroxylation sites is 2. The Morgan fingerprint density at radius 2 is 0.965 bits per heavy atom. The van der Waals surface area contributed by atoms with E-state index >= 15 is 0 Å². The van der Waals surface area contributed by atoms with Gasteiger partial charge >= 0.3 is 29.8 Å². The molecule has 4 aromatic carbocycles. The average molecular weight is 1790 g/mol. The van der Waals surface area contributed by atoms with Gasteiger partial charge in [-0.25, -0.2) is 29.8 Å². The topological polar surface area (TPSA) is 303 Å². The fraction of sp³-hybridized carbons (Fsp3) is 0.329. The van der Waals surface area contributed by atoms with Gasteiger partial charge in [-0.15, -0.1) is 0 Å². The number of thiocarbonyl (C=S) groups is 6. The highest BCUT2D eigenvalue weighted by atomic mass is 32.2. The molecule has 6 heterocycles. The summed E-state index contributed by atoms with van der Waals surface area (Å²) in [6, 6.07) is 43.9. The highest BCUT2D eigenvalue weighted by Crippen LogP contribution is 2.35. The maximum Gasteiger partial charge on any atom is 0.331 e. The number of esters is 5. The number of benzene rings is 4. The van der Waals surface area contributed by atoms with E-state index in [9.17, 15) is 48.4 Å². The van der Waals surface area contributed by atoms with Crippen LogP contribution in [0.1, 0.15) is 104 Å². The number of amides is 4. The second-order valence-corrected chi connectivity index (χ2v) is 33.9. The van der Waals surface area contributed by atoms with Crippen molar-refractivity contribution in [3.63, 3.8) is 0 Å². The summed E-state index contributed by atoms with van der Waals surface area (Å²) in [6.07, 6.45) is 15.2. The van der Waals surface area contributed by atoms with Gasteiger partial charge in [-0.3, -0.25) is 48.2 Å². The number of nitrogens with one attached hydrogen (secondary N) is 1. The number of aromatic nitrogens is 4. The number of thioether (sulfide) groups is 6. The van der Waals surface area contributed by atoms with Gasteiger partial charge in [-0.1, -0.05) is 241 Å². The number of rotatable bonds is 20. The molecule has 0 bridgehead atoms. The van der Waals surface area contributed by atoms with Crippen LogP contribution in [-0.4, -0.2) is 185 Å². The van der Waals surface area contributed by atoms with Crippen LogP contribution < -0.4 is 15.4 Å². The molecule has 1 N–H and O–H groups in total. The number of carbonyl (C=O) groups excluding carboxylic acids is 9. The smallest absolute Gasteiger partial charge is 0.331 e. The monoisotopic (exact) mass is 1790 g/mol. The first-order chi connectivity index (χ1) is 55.2. The van der Waals surface area contributed by atoms with Crippen LogP contribution in [0.2, 0.25) is 0 Å². The normalized spacial score (nSPS) is 14.3. The highest BCUT2D eigenvalue weighted by Gasteiger charge is 2.38. The molecular formula is C76H85N13O14S12. The molecule has 4 unspecified atom stereocenters.